The molecule has 1 saturated heterocycles. The summed E-state index contributed by atoms with van der Waals surface area (Å²) in [4.78, 5) is 15.4. The quantitative estimate of drug-likeness (QED) is 0.389. The van der Waals surface area contributed by atoms with Gasteiger partial charge in [-0.2, -0.15) is 17.5 Å². The summed E-state index contributed by atoms with van der Waals surface area (Å²) >= 11 is 7.49. The highest BCUT2D eigenvalue weighted by atomic mass is 35.5. The average Bonchev–Trinajstić information content (AvgIpc) is 3.38. The number of benzene rings is 2. The lowest BCUT2D eigenvalue weighted by atomic mass is 10.0. The number of aliphatic carboxylic acids is 1. The van der Waals surface area contributed by atoms with Crippen molar-refractivity contribution >= 4 is 38.9 Å². The third-order valence-corrected chi connectivity index (χ3v) is 8.25. The van der Waals surface area contributed by atoms with Crippen LogP contribution in [0.2, 0.25) is 5.02 Å². The van der Waals surface area contributed by atoms with Crippen molar-refractivity contribution in [3.8, 4) is 5.75 Å². The van der Waals surface area contributed by atoms with Crippen LogP contribution in [-0.2, 0) is 20.4 Å². The standard InChI is InChI=1S/C22H24ClN3O3S2.C2HF3O2/c1-16(17-5-3-2-4-6-17)26-11-9-18(10-12-26)29-21-8-7-19(13-20(21)23)31(27,28)14-22-24-15-30-25-22;3-2(4,5)1(6)7/h2-8,13,15-16,18H,9-12,14H2,1H3;(H,6,7)/t16-;/m0./s1. The lowest BCUT2D eigenvalue weighted by molar-refractivity contribution is -0.192. The van der Waals surface area contributed by atoms with Gasteiger partial charge in [-0.15, -0.1) is 0 Å². The number of alkyl halides is 3. The van der Waals surface area contributed by atoms with Gasteiger partial charge in [-0.1, -0.05) is 41.9 Å². The maximum absolute atomic E-state index is 12.6. The molecule has 0 saturated carbocycles. The number of piperidine rings is 1. The lowest BCUT2D eigenvalue weighted by Crippen LogP contribution is -2.39. The van der Waals surface area contributed by atoms with Gasteiger partial charge in [0.05, 0.1) is 9.92 Å². The molecule has 3 aromatic rings. The fourth-order valence-corrected chi connectivity index (χ4v) is 5.82. The summed E-state index contributed by atoms with van der Waals surface area (Å²) in [7, 11) is -3.56. The van der Waals surface area contributed by atoms with Crippen LogP contribution < -0.4 is 4.74 Å². The van der Waals surface area contributed by atoms with Crippen LogP contribution in [0.3, 0.4) is 0 Å². The summed E-state index contributed by atoms with van der Waals surface area (Å²) in [5, 5.41) is 7.42. The Morgan fingerprint density at radius 3 is 2.37 bits per heavy atom. The molecule has 0 bridgehead atoms. The Bertz CT molecular complexity index is 1300. The Hall–Kier alpha value is -2.74. The van der Waals surface area contributed by atoms with E-state index in [1.165, 1.54) is 23.2 Å². The molecule has 0 aliphatic carbocycles. The molecule has 1 aliphatic heterocycles. The fourth-order valence-electron chi connectivity index (χ4n) is 3.78. The van der Waals surface area contributed by atoms with Crippen LogP contribution in [0.1, 0.15) is 37.2 Å². The van der Waals surface area contributed by atoms with E-state index in [4.69, 9.17) is 26.2 Å². The second-order valence-corrected chi connectivity index (χ2v) is 11.4. The van der Waals surface area contributed by atoms with Crippen molar-refractivity contribution in [2.75, 3.05) is 13.1 Å². The molecule has 38 heavy (non-hydrogen) atoms. The van der Waals surface area contributed by atoms with Gasteiger partial charge in [-0.05, 0) is 55.1 Å². The van der Waals surface area contributed by atoms with Gasteiger partial charge in [-0.3, -0.25) is 4.90 Å². The Labute approximate surface area is 227 Å². The Kier molecular flexibility index (Phi) is 10.1. The highest BCUT2D eigenvalue weighted by Crippen LogP contribution is 2.32. The van der Waals surface area contributed by atoms with Gasteiger partial charge in [0.2, 0.25) is 0 Å². The SMILES string of the molecule is C[C@@H](c1ccccc1)N1CCC(Oc2ccc(S(=O)(=O)Cc3ncsn3)cc2Cl)CC1.O=C(O)C(F)(F)F. The van der Waals surface area contributed by atoms with Crippen LogP contribution in [0.25, 0.3) is 0 Å². The van der Waals surface area contributed by atoms with Crippen LogP contribution in [0.15, 0.2) is 58.9 Å². The Morgan fingerprint density at radius 2 is 1.84 bits per heavy atom. The third kappa shape index (κ3) is 8.38. The molecule has 1 aromatic heterocycles. The smallest absolute Gasteiger partial charge is 0.489 e. The molecule has 0 unspecified atom stereocenters. The number of likely N-dealkylation sites (tertiary alicyclic amines) is 1. The average molecular weight is 592 g/mol. The minimum Gasteiger partial charge on any atom is -0.489 e. The van der Waals surface area contributed by atoms with E-state index in [1.807, 2.05) is 6.07 Å². The summed E-state index contributed by atoms with van der Waals surface area (Å²) in [5.74, 6) is -2.20. The van der Waals surface area contributed by atoms with Gasteiger partial charge in [0.1, 0.15) is 23.1 Å². The number of hydrogen-bond acceptors (Lipinski definition) is 8. The topological polar surface area (TPSA) is 110 Å². The molecule has 2 heterocycles. The highest BCUT2D eigenvalue weighted by Gasteiger charge is 2.38. The molecule has 1 fully saturated rings. The fraction of sp³-hybridized carbons (Fsp3) is 0.375. The monoisotopic (exact) mass is 591 g/mol. The van der Waals surface area contributed by atoms with E-state index in [9.17, 15) is 21.6 Å². The number of halogens is 4. The number of nitrogens with zero attached hydrogens (tertiary/aromatic N) is 3. The van der Waals surface area contributed by atoms with Gasteiger partial charge in [-0.25, -0.2) is 18.2 Å². The van der Waals surface area contributed by atoms with Gasteiger partial charge in [0, 0.05) is 19.1 Å². The second-order valence-electron chi connectivity index (χ2n) is 8.44. The Balaban J connectivity index is 0.000000505. The molecule has 1 aliphatic rings. The normalized spacial score (nSPS) is 15.8. The van der Waals surface area contributed by atoms with Gasteiger partial charge in [0.15, 0.2) is 15.7 Å². The van der Waals surface area contributed by atoms with Crippen LogP contribution in [0, 0.1) is 0 Å². The summed E-state index contributed by atoms with van der Waals surface area (Å²) in [6.07, 6.45) is -3.25. The molecule has 206 valence electrons. The molecule has 0 spiro atoms. The molecule has 4 rings (SSSR count). The third-order valence-electron chi connectivity index (χ3n) is 5.83. The van der Waals surface area contributed by atoms with Crippen molar-refractivity contribution in [3.63, 3.8) is 0 Å². The number of sulfone groups is 1. The van der Waals surface area contributed by atoms with E-state index >= 15 is 0 Å². The zero-order valence-corrected chi connectivity index (χ0v) is 22.5. The first-order valence-corrected chi connectivity index (χ1v) is 14.3. The van der Waals surface area contributed by atoms with Gasteiger partial charge < -0.3 is 9.84 Å². The van der Waals surface area contributed by atoms with Crippen LogP contribution >= 0.6 is 23.1 Å². The predicted octanol–water partition coefficient (Wildman–Crippen LogP) is 5.40. The van der Waals surface area contributed by atoms with Crippen molar-refractivity contribution in [2.45, 2.75) is 48.7 Å². The molecule has 1 atom stereocenters. The minimum absolute atomic E-state index is 0.0541. The predicted molar refractivity (Wildman–Crippen MR) is 136 cm³/mol. The van der Waals surface area contributed by atoms with Crippen LogP contribution in [0.4, 0.5) is 13.2 Å². The number of aromatic nitrogens is 2. The first-order chi connectivity index (χ1) is 17.9. The molecule has 14 heteroatoms. The van der Waals surface area contributed by atoms with Crippen LogP contribution in [-0.4, -0.2) is 59.1 Å². The number of carboxylic acids is 1. The number of rotatable bonds is 7. The van der Waals surface area contributed by atoms with Crippen LogP contribution in [0.5, 0.6) is 5.75 Å². The van der Waals surface area contributed by atoms with Crippen molar-refractivity contribution in [3.05, 3.63) is 70.5 Å². The van der Waals surface area contributed by atoms with E-state index in [-0.39, 0.29) is 22.6 Å². The van der Waals surface area contributed by atoms with Crippen molar-refractivity contribution in [1.29, 1.82) is 0 Å². The first kappa shape index (κ1) is 29.8. The molecular weight excluding hydrogens is 567 g/mol. The number of carboxylic acid groups (broad SMARTS) is 1. The van der Waals surface area contributed by atoms with Gasteiger partial charge >= 0.3 is 12.1 Å². The van der Waals surface area contributed by atoms with E-state index < -0.39 is 22.0 Å². The van der Waals surface area contributed by atoms with E-state index in [0.29, 0.717) is 16.8 Å². The summed E-state index contributed by atoms with van der Waals surface area (Å²) < 4.78 is 67.0. The summed E-state index contributed by atoms with van der Waals surface area (Å²) in [6.45, 7) is 4.10. The summed E-state index contributed by atoms with van der Waals surface area (Å²) in [5.41, 5.74) is 2.83. The zero-order valence-electron chi connectivity index (χ0n) is 20.1. The minimum atomic E-state index is -5.08. The van der Waals surface area contributed by atoms with Crippen molar-refractivity contribution < 1.29 is 36.2 Å². The molecule has 8 nitrogen and oxygen atoms in total. The molecule has 2 aromatic carbocycles. The Morgan fingerprint density at radius 1 is 1.21 bits per heavy atom. The first-order valence-electron chi connectivity index (χ1n) is 11.4. The highest BCUT2D eigenvalue weighted by molar-refractivity contribution is 7.90. The molecule has 0 amide bonds. The molecular formula is C24H25ClF3N3O5S2. The molecule has 1 N–H and O–H groups in total. The van der Waals surface area contributed by atoms with E-state index in [2.05, 4.69) is 45.4 Å². The van der Waals surface area contributed by atoms with E-state index in [1.54, 1.807) is 6.07 Å². The lowest BCUT2D eigenvalue weighted by Gasteiger charge is -2.36. The summed E-state index contributed by atoms with van der Waals surface area (Å²) in [6, 6.07) is 15.5. The molecule has 0 radical (unpaired) electrons. The maximum Gasteiger partial charge on any atom is 0.490 e. The number of hydrogen-bond donors (Lipinski definition) is 1. The second kappa shape index (κ2) is 12.9. The number of carbonyl (C=O) groups is 1. The van der Waals surface area contributed by atoms with Crippen molar-refractivity contribution in [1.82, 2.24) is 14.3 Å². The zero-order chi connectivity index (χ0) is 27.9. The van der Waals surface area contributed by atoms with E-state index in [0.717, 1.165) is 37.5 Å². The number of ether oxygens (including phenoxy) is 1. The van der Waals surface area contributed by atoms with Crippen molar-refractivity contribution in [2.24, 2.45) is 0 Å². The maximum atomic E-state index is 12.6. The van der Waals surface area contributed by atoms with Gasteiger partial charge in [0.25, 0.3) is 0 Å². The largest absolute Gasteiger partial charge is 0.490 e.